The molecule has 2 rings (SSSR count). The fraction of sp³-hybridized carbons (Fsp3) is 0.375. The highest BCUT2D eigenvalue weighted by Crippen LogP contribution is 2.15. The first-order valence-electron chi connectivity index (χ1n) is 7.22. The Morgan fingerprint density at radius 1 is 0.636 bits per heavy atom. The molecule has 2 aromatic heterocycles. The van der Waals surface area contributed by atoms with Gasteiger partial charge in [0.25, 0.3) is 0 Å². The molecule has 0 spiro atoms. The maximum atomic E-state index is 5.52. The summed E-state index contributed by atoms with van der Waals surface area (Å²) in [6, 6.07) is 8.60. The van der Waals surface area contributed by atoms with E-state index in [0.717, 1.165) is 39.0 Å². The van der Waals surface area contributed by atoms with E-state index in [0.29, 0.717) is 0 Å². The Labute approximate surface area is 153 Å². The first-order valence-corrected chi connectivity index (χ1v) is 7.22. The van der Waals surface area contributed by atoms with Crippen LogP contribution in [0.5, 0.6) is 0 Å². The van der Waals surface area contributed by atoms with Crippen molar-refractivity contribution in [2.45, 2.75) is 25.9 Å². The zero-order valence-electron chi connectivity index (χ0n) is 12.7. The minimum absolute atomic E-state index is 0. The lowest BCUT2D eigenvalue weighted by Crippen LogP contribution is -3.00. The second-order valence-electron chi connectivity index (χ2n) is 4.93. The Morgan fingerprint density at radius 3 is 1.23 bits per heavy atom. The highest BCUT2D eigenvalue weighted by Gasteiger charge is 2.05. The average molecular weight is 432 g/mol. The fourth-order valence-corrected chi connectivity index (χ4v) is 2.15. The van der Waals surface area contributed by atoms with Crippen LogP contribution in [-0.2, 0) is 13.1 Å². The Bertz CT molecular complexity index is 465. The fourth-order valence-electron chi connectivity index (χ4n) is 2.15. The molecule has 6 heteroatoms. The molecule has 0 bridgehead atoms. The molecular formula is C16H24Br2N4. The predicted molar refractivity (Wildman–Crippen MR) is 79.6 cm³/mol. The average Bonchev–Trinajstić information content (AvgIpc) is 2.52. The smallest absolute Gasteiger partial charge is 0.169 e. The van der Waals surface area contributed by atoms with Crippen LogP contribution in [0, 0.1) is 0 Å². The van der Waals surface area contributed by atoms with Gasteiger partial charge in [0.05, 0.1) is 0 Å². The zero-order chi connectivity index (χ0) is 14.2. The van der Waals surface area contributed by atoms with Gasteiger partial charge < -0.3 is 45.4 Å². The summed E-state index contributed by atoms with van der Waals surface area (Å²) in [5, 5.41) is 0. The Kier molecular flexibility index (Phi) is 11.3. The van der Waals surface area contributed by atoms with E-state index in [4.69, 9.17) is 11.5 Å². The van der Waals surface area contributed by atoms with Crippen molar-refractivity contribution in [3.63, 3.8) is 0 Å². The molecule has 0 aromatic carbocycles. The lowest BCUT2D eigenvalue weighted by atomic mass is 10.1. The molecule has 4 N–H and O–H groups in total. The second kappa shape index (κ2) is 11.7. The number of hydrogen-bond acceptors (Lipinski definition) is 2. The van der Waals surface area contributed by atoms with Crippen molar-refractivity contribution in [3.8, 4) is 11.1 Å². The molecule has 0 saturated heterocycles. The van der Waals surface area contributed by atoms with E-state index >= 15 is 0 Å². The van der Waals surface area contributed by atoms with E-state index in [1.54, 1.807) is 0 Å². The summed E-state index contributed by atoms with van der Waals surface area (Å²) in [6.45, 7) is 3.42. The van der Waals surface area contributed by atoms with Crippen LogP contribution in [0.1, 0.15) is 12.8 Å². The maximum Gasteiger partial charge on any atom is 0.169 e. The van der Waals surface area contributed by atoms with E-state index in [1.807, 2.05) is 0 Å². The van der Waals surface area contributed by atoms with Gasteiger partial charge in [-0.3, -0.25) is 0 Å². The molecule has 122 valence electrons. The van der Waals surface area contributed by atoms with Crippen LogP contribution in [0.4, 0.5) is 0 Å². The van der Waals surface area contributed by atoms with Crippen LogP contribution in [0.25, 0.3) is 11.1 Å². The largest absolute Gasteiger partial charge is 1.00 e. The maximum absolute atomic E-state index is 5.52. The number of halogens is 2. The molecule has 0 atom stereocenters. The summed E-state index contributed by atoms with van der Waals surface area (Å²) >= 11 is 0. The van der Waals surface area contributed by atoms with Crippen LogP contribution >= 0.6 is 0 Å². The van der Waals surface area contributed by atoms with Gasteiger partial charge in [0.1, 0.15) is 13.1 Å². The molecule has 0 saturated carbocycles. The van der Waals surface area contributed by atoms with Crippen molar-refractivity contribution < 1.29 is 43.1 Å². The standard InChI is InChI=1S/C16H24N4.2BrH/c17-7-1-9-19-11-3-15(4-12-19)16-5-13-20(14-6-16)10-2-8-18;;/h3-6,11-14H,1-2,7-10,17-18H2;2*1H/q+2;;/p-2. The van der Waals surface area contributed by atoms with Crippen molar-refractivity contribution in [1.82, 2.24) is 0 Å². The summed E-state index contributed by atoms with van der Waals surface area (Å²) in [5.41, 5.74) is 13.5. The van der Waals surface area contributed by atoms with E-state index in [2.05, 4.69) is 58.2 Å². The van der Waals surface area contributed by atoms with Crippen molar-refractivity contribution >= 4 is 0 Å². The van der Waals surface area contributed by atoms with Crippen molar-refractivity contribution in [2.75, 3.05) is 13.1 Å². The van der Waals surface area contributed by atoms with Crippen molar-refractivity contribution in [3.05, 3.63) is 49.1 Å². The number of nitrogens with two attached hydrogens (primary N) is 2. The van der Waals surface area contributed by atoms with E-state index < -0.39 is 0 Å². The number of hydrogen-bond donors (Lipinski definition) is 2. The molecule has 2 aromatic rings. The molecule has 4 nitrogen and oxygen atoms in total. The van der Waals surface area contributed by atoms with Crippen molar-refractivity contribution in [2.24, 2.45) is 11.5 Å². The molecule has 2 heterocycles. The zero-order valence-corrected chi connectivity index (χ0v) is 15.8. The molecule has 0 aliphatic heterocycles. The Hall–Kier alpha value is -0.820. The van der Waals surface area contributed by atoms with Gasteiger partial charge in [-0.15, -0.1) is 0 Å². The quantitative estimate of drug-likeness (QED) is 0.430. The number of nitrogens with zero attached hydrogens (tertiary/aromatic N) is 2. The summed E-state index contributed by atoms with van der Waals surface area (Å²) in [7, 11) is 0. The Morgan fingerprint density at radius 2 is 0.955 bits per heavy atom. The minimum Gasteiger partial charge on any atom is -1.00 e. The predicted octanol–water partition coefficient (Wildman–Crippen LogP) is -5.37. The van der Waals surface area contributed by atoms with E-state index in [9.17, 15) is 0 Å². The van der Waals surface area contributed by atoms with Crippen LogP contribution in [0.3, 0.4) is 0 Å². The second-order valence-corrected chi connectivity index (χ2v) is 4.93. The van der Waals surface area contributed by atoms with Crippen LogP contribution in [-0.4, -0.2) is 13.1 Å². The molecule has 0 aliphatic carbocycles. The monoisotopic (exact) mass is 430 g/mol. The van der Waals surface area contributed by atoms with Gasteiger partial charge in [-0.2, -0.15) is 0 Å². The number of pyridine rings is 2. The van der Waals surface area contributed by atoms with E-state index in [1.165, 1.54) is 11.1 Å². The third kappa shape index (κ3) is 6.52. The van der Waals surface area contributed by atoms with Gasteiger partial charge in [0.15, 0.2) is 24.8 Å². The first kappa shape index (κ1) is 21.2. The third-order valence-corrected chi connectivity index (χ3v) is 3.36. The first-order chi connectivity index (χ1) is 9.83. The molecular weight excluding hydrogens is 408 g/mol. The number of aryl methyl sites for hydroxylation is 2. The van der Waals surface area contributed by atoms with E-state index in [-0.39, 0.29) is 34.0 Å². The molecule has 0 unspecified atom stereocenters. The number of rotatable bonds is 7. The van der Waals surface area contributed by atoms with Gasteiger partial charge in [-0.25, -0.2) is 9.13 Å². The lowest BCUT2D eigenvalue weighted by Gasteiger charge is -2.01. The van der Waals surface area contributed by atoms with Gasteiger partial charge in [-0.1, -0.05) is 0 Å². The number of aromatic nitrogens is 2. The molecule has 22 heavy (non-hydrogen) atoms. The molecule has 0 aliphatic rings. The molecule has 0 amide bonds. The van der Waals surface area contributed by atoms with Gasteiger partial charge in [-0.05, 0) is 24.2 Å². The normalized spacial score (nSPS) is 9.73. The summed E-state index contributed by atoms with van der Waals surface area (Å²) in [4.78, 5) is 0. The lowest BCUT2D eigenvalue weighted by molar-refractivity contribution is -0.697. The SMILES string of the molecule is NCCC[n+]1ccc(-c2cc[n+](CCCN)cc2)cc1.[Br-].[Br-]. The summed E-state index contributed by atoms with van der Waals surface area (Å²) in [5.74, 6) is 0. The summed E-state index contributed by atoms with van der Waals surface area (Å²) < 4.78 is 4.33. The third-order valence-electron chi connectivity index (χ3n) is 3.36. The van der Waals surface area contributed by atoms with Crippen LogP contribution in [0.15, 0.2) is 49.1 Å². The topological polar surface area (TPSA) is 59.8 Å². The van der Waals surface area contributed by atoms with Crippen molar-refractivity contribution in [1.29, 1.82) is 0 Å². The van der Waals surface area contributed by atoms with Gasteiger partial charge in [0.2, 0.25) is 0 Å². The Balaban J connectivity index is 0.00000220. The highest BCUT2D eigenvalue weighted by atomic mass is 79.9. The molecule has 0 radical (unpaired) electrons. The highest BCUT2D eigenvalue weighted by molar-refractivity contribution is 5.60. The minimum atomic E-state index is 0. The van der Waals surface area contributed by atoms with Crippen LogP contribution < -0.4 is 54.6 Å². The molecule has 0 fully saturated rings. The summed E-state index contributed by atoms with van der Waals surface area (Å²) in [6.07, 6.45) is 10.5. The van der Waals surface area contributed by atoms with Crippen LogP contribution in [0.2, 0.25) is 0 Å². The van der Waals surface area contributed by atoms with Gasteiger partial charge in [0, 0.05) is 37.1 Å². The van der Waals surface area contributed by atoms with Gasteiger partial charge >= 0.3 is 0 Å².